The van der Waals surface area contributed by atoms with E-state index in [4.69, 9.17) is 4.74 Å². The molecule has 2 N–H and O–H groups in total. The lowest BCUT2D eigenvalue weighted by atomic mass is 10.1. The summed E-state index contributed by atoms with van der Waals surface area (Å²) in [7, 11) is 0. The van der Waals surface area contributed by atoms with E-state index in [9.17, 15) is 4.79 Å². The highest BCUT2D eigenvalue weighted by molar-refractivity contribution is 14.0. The van der Waals surface area contributed by atoms with Crippen LogP contribution >= 0.6 is 24.0 Å². The molecule has 2 rings (SSSR count). The number of nitrogens with zero attached hydrogens (tertiary/aromatic N) is 2. The average molecular weight is 474 g/mol. The first-order valence-electron chi connectivity index (χ1n) is 9.19. The fourth-order valence-electron chi connectivity index (χ4n) is 2.81. The van der Waals surface area contributed by atoms with Crippen LogP contribution in [0.1, 0.15) is 37.8 Å². The number of rotatable bonds is 8. The molecule has 0 aromatic heterocycles. The minimum absolute atomic E-state index is 0. The number of aliphatic imine (C=N–C) groups is 1. The number of carbonyl (C=O) groups is 1. The number of hydrogen-bond donors (Lipinski definition) is 2. The van der Waals surface area contributed by atoms with E-state index in [-0.39, 0.29) is 36.4 Å². The molecule has 1 heterocycles. The zero-order valence-corrected chi connectivity index (χ0v) is 18.1. The van der Waals surface area contributed by atoms with Crippen LogP contribution in [0.25, 0.3) is 0 Å². The Kier molecular flexibility index (Phi) is 11.3. The van der Waals surface area contributed by atoms with E-state index >= 15 is 0 Å². The van der Waals surface area contributed by atoms with Gasteiger partial charge in [-0.25, -0.2) is 4.99 Å². The molecule has 6 nitrogen and oxygen atoms in total. The maximum Gasteiger partial charge on any atom is 0.241 e. The van der Waals surface area contributed by atoms with E-state index in [0.29, 0.717) is 25.7 Å². The Labute approximate surface area is 173 Å². The number of carbonyl (C=O) groups excluding carboxylic acids is 1. The third-order valence-corrected chi connectivity index (χ3v) is 4.20. The summed E-state index contributed by atoms with van der Waals surface area (Å²) in [5.74, 6) is 0.807. The van der Waals surface area contributed by atoms with E-state index in [1.807, 2.05) is 30.9 Å². The van der Waals surface area contributed by atoms with Crippen LogP contribution in [0.3, 0.4) is 0 Å². The van der Waals surface area contributed by atoms with Crippen LogP contribution in [0.5, 0.6) is 0 Å². The molecular formula is C19H31IN4O2. The number of ether oxygens (including phenoxy) is 1. The summed E-state index contributed by atoms with van der Waals surface area (Å²) in [6, 6.07) is 8.16. The van der Waals surface area contributed by atoms with Gasteiger partial charge in [0.25, 0.3) is 0 Å². The largest absolute Gasteiger partial charge is 0.377 e. The molecular weight excluding hydrogens is 443 g/mol. The fourth-order valence-corrected chi connectivity index (χ4v) is 2.81. The van der Waals surface area contributed by atoms with Crippen molar-refractivity contribution in [2.75, 3.05) is 32.8 Å². The molecule has 0 radical (unpaired) electrons. The van der Waals surface area contributed by atoms with Gasteiger partial charge < -0.3 is 20.3 Å². The summed E-state index contributed by atoms with van der Waals surface area (Å²) >= 11 is 0. The highest BCUT2D eigenvalue weighted by Gasteiger charge is 2.17. The van der Waals surface area contributed by atoms with Gasteiger partial charge >= 0.3 is 0 Å². The molecule has 1 aromatic carbocycles. The Morgan fingerprint density at radius 2 is 1.85 bits per heavy atom. The van der Waals surface area contributed by atoms with Gasteiger partial charge in [-0.2, -0.15) is 0 Å². The molecule has 0 bridgehead atoms. The molecule has 0 spiro atoms. The van der Waals surface area contributed by atoms with Gasteiger partial charge in [0.15, 0.2) is 5.96 Å². The second-order valence-corrected chi connectivity index (χ2v) is 6.04. The second-order valence-electron chi connectivity index (χ2n) is 6.04. The number of halogens is 1. The summed E-state index contributed by atoms with van der Waals surface area (Å²) in [6.45, 7) is 8.64. The SMILES string of the molecule is CCNC(=NCc1ccccc1COCC)NCC(=O)N1CCCC1.I. The molecule has 0 aliphatic carbocycles. The number of benzene rings is 1. The number of amides is 1. The first-order chi connectivity index (χ1) is 12.2. The minimum Gasteiger partial charge on any atom is -0.377 e. The molecule has 146 valence electrons. The van der Waals surface area contributed by atoms with Crippen molar-refractivity contribution in [2.45, 2.75) is 39.8 Å². The number of hydrogen-bond acceptors (Lipinski definition) is 3. The van der Waals surface area contributed by atoms with E-state index in [0.717, 1.165) is 43.6 Å². The Hall–Kier alpha value is -1.35. The Bertz CT molecular complexity index is 574. The van der Waals surface area contributed by atoms with E-state index in [2.05, 4.69) is 27.8 Å². The first kappa shape index (κ1) is 22.7. The third-order valence-electron chi connectivity index (χ3n) is 4.20. The summed E-state index contributed by atoms with van der Waals surface area (Å²) in [4.78, 5) is 18.7. The normalized spacial score (nSPS) is 14.1. The number of guanidine groups is 1. The van der Waals surface area contributed by atoms with Gasteiger partial charge in [-0.1, -0.05) is 24.3 Å². The third kappa shape index (κ3) is 7.49. The fraction of sp³-hybridized carbons (Fsp3) is 0.579. The monoisotopic (exact) mass is 474 g/mol. The van der Waals surface area contributed by atoms with Crippen LogP contribution in [0.15, 0.2) is 29.3 Å². The number of likely N-dealkylation sites (tertiary alicyclic amines) is 1. The van der Waals surface area contributed by atoms with Gasteiger partial charge in [-0.3, -0.25) is 4.79 Å². The molecule has 1 fully saturated rings. The van der Waals surface area contributed by atoms with Gasteiger partial charge in [0, 0.05) is 26.2 Å². The summed E-state index contributed by atoms with van der Waals surface area (Å²) < 4.78 is 5.52. The molecule has 7 heteroatoms. The van der Waals surface area contributed by atoms with Crippen LogP contribution in [0.2, 0.25) is 0 Å². The van der Waals surface area contributed by atoms with E-state index < -0.39 is 0 Å². The Morgan fingerprint density at radius 1 is 1.15 bits per heavy atom. The van der Waals surface area contributed by atoms with Crippen LogP contribution in [-0.2, 0) is 22.7 Å². The number of nitrogens with one attached hydrogen (secondary N) is 2. The van der Waals surface area contributed by atoms with E-state index in [1.165, 1.54) is 0 Å². The van der Waals surface area contributed by atoms with Gasteiger partial charge in [0.1, 0.15) is 0 Å². The molecule has 1 saturated heterocycles. The van der Waals surface area contributed by atoms with Crippen molar-refractivity contribution in [3.05, 3.63) is 35.4 Å². The molecule has 1 aromatic rings. The smallest absolute Gasteiger partial charge is 0.241 e. The lowest BCUT2D eigenvalue weighted by Crippen LogP contribution is -2.44. The van der Waals surface area contributed by atoms with Crippen molar-refractivity contribution in [3.63, 3.8) is 0 Å². The zero-order valence-electron chi connectivity index (χ0n) is 15.8. The van der Waals surface area contributed by atoms with Crippen molar-refractivity contribution >= 4 is 35.8 Å². The molecule has 0 saturated carbocycles. The lowest BCUT2D eigenvalue weighted by Gasteiger charge is -2.17. The van der Waals surface area contributed by atoms with Crippen molar-refractivity contribution in [1.82, 2.24) is 15.5 Å². The predicted molar refractivity (Wildman–Crippen MR) is 116 cm³/mol. The minimum atomic E-state index is 0. The van der Waals surface area contributed by atoms with Gasteiger partial charge in [0.2, 0.25) is 5.91 Å². The van der Waals surface area contributed by atoms with Crippen LogP contribution in [-0.4, -0.2) is 49.6 Å². The molecule has 26 heavy (non-hydrogen) atoms. The topological polar surface area (TPSA) is 66.0 Å². The van der Waals surface area contributed by atoms with Crippen molar-refractivity contribution < 1.29 is 9.53 Å². The maximum absolute atomic E-state index is 12.2. The first-order valence-corrected chi connectivity index (χ1v) is 9.19. The van der Waals surface area contributed by atoms with Crippen molar-refractivity contribution in [1.29, 1.82) is 0 Å². The van der Waals surface area contributed by atoms with Gasteiger partial charge in [-0.05, 0) is 37.8 Å². The molecule has 1 aliphatic rings. The highest BCUT2D eigenvalue weighted by atomic mass is 127. The van der Waals surface area contributed by atoms with Gasteiger partial charge in [-0.15, -0.1) is 24.0 Å². The standard InChI is InChI=1S/C19H30N4O2.HI/c1-3-20-19(22-14-18(24)23-11-7-8-12-23)21-13-16-9-5-6-10-17(16)15-25-4-2;/h5-6,9-10H,3-4,7-8,11-15H2,1-2H3,(H2,20,21,22);1H. The Balaban J connectivity index is 0.00000338. The molecule has 1 aliphatic heterocycles. The van der Waals surface area contributed by atoms with Crippen LogP contribution in [0.4, 0.5) is 0 Å². The second kappa shape index (κ2) is 12.9. The quantitative estimate of drug-likeness (QED) is 0.345. The van der Waals surface area contributed by atoms with Crippen LogP contribution < -0.4 is 10.6 Å². The zero-order chi connectivity index (χ0) is 17.9. The van der Waals surface area contributed by atoms with Crippen molar-refractivity contribution in [3.8, 4) is 0 Å². The molecule has 0 atom stereocenters. The predicted octanol–water partition coefficient (Wildman–Crippen LogP) is 2.52. The average Bonchev–Trinajstić information content (AvgIpc) is 3.17. The lowest BCUT2D eigenvalue weighted by molar-refractivity contribution is -0.128. The summed E-state index contributed by atoms with van der Waals surface area (Å²) in [5, 5.41) is 6.34. The molecule has 0 unspecified atom stereocenters. The van der Waals surface area contributed by atoms with Gasteiger partial charge in [0.05, 0.1) is 19.7 Å². The summed E-state index contributed by atoms with van der Waals surface area (Å²) in [5.41, 5.74) is 2.29. The van der Waals surface area contributed by atoms with Crippen molar-refractivity contribution in [2.24, 2.45) is 4.99 Å². The highest BCUT2D eigenvalue weighted by Crippen LogP contribution is 2.11. The molecule has 1 amide bonds. The van der Waals surface area contributed by atoms with Crippen LogP contribution in [0, 0.1) is 0 Å². The van der Waals surface area contributed by atoms with E-state index in [1.54, 1.807) is 0 Å². The maximum atomic E-state index is 12.2. The summed E-state index contributed by atoms with van der Waals surface area (Å²) in [6.07, 6.45) is 2.22. The Morgan fingerprint density at radius 3 is 2.50 bits per heavy atom.